The van der Waals surface area contributed by atoms with Crippen LogP contribution in [-0.2, 0) is 73.9 Å². The highest BCUT2D eigenvalue weighted by molar-refractivity contribution is 7.87. The first kappa shape index (κ1) is 58.9. The van der Waals surface area contributed by atoms with Crippen molar-refractivity contribution in [3.05, 3.63) is 127 Å². The maximum Gasteiger partial charge on any atom is 0.306 e. The molecule has 0 amide bonds. The number of ether oxygens (including phenoxy) is 1. The van der Waals surface area contributed by atoms with Crippen molar-refractivity contribution in [2.75, 3.05) is 47.0 Å². The Morgan fingerprint density at radius 2 is 0.938 bits per heavy atom. The molecular formula is C50H45N9O17S5. The molecule has 0 saturated heterocycles. The number of phenolic OH excluding ortho intramolecular Hbond substituents is 1. The van der Waals surface area contributed by atoms with Crippen LogP contribution >= 0.6 is 0 Å². The van der Waals surface area contributed by atoms with Gasteiger partial charge in [0.2, 0.25) is 0 Å². The highest BCUT2D eigenvalue weighted by Gasteiger charge is 2.24. The Bertz CT molecular complexity index is 4560. The van der Waals surface area contributed by atoms with Crippen molar-refractivity contribution in [3.63, 3.8) is 0 Å². The van der Waals surface area contributed by atoms with Crippen LogP contribution in [0.5, 0.6) is 17.2 Å². The lowest BCUT2D eigenvalue weighted by Gasteiger charge is -2.15. The Hall–Kier alpha value is -8.27. The predicted octanol–water partition coefficient (Wildman–Crippen LogP) is 11.0. The third-order valence-corrected chi connectivity index (χ3v) is 17.3. The SMILES string of the molecule is CCOc1cc(N=Nc2ccc(N=Nc3cccc(S(=O)(=O)OC)c3)c3ccc(S(=O)(=O)OC)cc23)c2cc(S(=O)(=O)OC)ccc2c1N=Nc1c(OS(C)(=O)=O)cc2c(CN=Nc3cccc(S(=O)(=O)OC)c3)c(N)ccc2c1O. The smallest absolute Gasteiger partial charge is 0.306 e. The van der Waals surface area contributed by atoms with Gasteiger partial charge in [-0.25, -0.2) is 0 Å². The van der Waals surface area contributed by atoms with Gasteiger partial charge >= 0.3 is 10.1 Å². The van der Waals surface area contributed by atoms with Crippen LogP contribution in [0.3, 0.4) is 0 Å². The molecule has 3 N–H and O–H groups in total. The van der Waals surface area contributed by atoms with E-state index in [1.165, 1.54) is 121 Å². The summed E-state index contributed by atoms with van der Waals surface area (Å²) in [7, 11) is -17.2. The molecule has 26 nitrogen and oxygen atoms in total. The summed E-state index contributed by atoms with van der Waals surface area (Å²) >= 11 is 0. The minimum absolute atomic E-state index is 0.00747. The first-order valence-electron chi connectivity index (χ1n) is 23.2. The summed E-state index contributed by atoms with van der Waals surface area (Å²) in [5.41, 5.74) is 6.70. The van der Waals surface area contributed by atoms with Crippen molar-refractivity contribution in [2.45, 2.75) is 33.1 Å². The minimum Gasteiger partial charge on any atom is -0.505 e. The molecule has 0 spiro atoms. The summed E-state index contributed by atoms with van der Waals surface area (Å²) in [5.74, 6) is -1.17. The molecule has 0 atom stereocenters. The van der Waals surface area contributed by atoms with Crippen LogP contribution < -0.4 is 14.7 Å². The molecule has 0 aromatic heterocycles. The average molecular weight is 1200 g/mol. The second-order valence-corrected chi connectivity index (χ2v) is 25.2. The molecule has 422 valence electrons. The van der Waals surface area contributed by atoms with Gasteiger partial charge in [-0.3, -0.25) is 16.7 Å². The van der Waals surface area contributed by atoms with Gasteiger partial charge in [0.15, 0.2) is 17.2 Å². The molecule has 0 fully saturated rings. The number of rotatable bonds is 21. The number of azo groups is 4. The Morgan fingerprint density at radius 3 is 1.49 bits per heavy atom. The van der Waals surface area contributed by atoms with Crippen LogP contribution in [0.1, 0.15) is 12.5 Å². The minimum atomic E-state index is -4.37. The highest BCUT2D eigenvalue weighted by Crippen LogP contribution is 2.49. The van der Waals surface area contributed by atoms with Crippen molar-refractivity contribution < 1.29 is 72.8 Å². The third kappa shape index (κ3) is 12.9. The Labute approximate surface area is 463 Å². The standard InChI is InChI=1S/C50H45N9O17S5/c1-7-75-46-27-45(57-56-44-21-20-43(35-16-14-33(24-39(35)44)80(67,68)73-4)55-54-30-11-9-13-32(23-30)79(65,66)72-3)40-25-34(81(69,70)74-5)15-17-36(40)48(46)58-59-49-47(76-77(6,61)62)26-38-37(50(49)60)18-19-42(51)41(38)28-52-53-29-10-8-12-31(22-29)78(63,64)71-2/h8-27,60H,7,28,51H2,1-6H3. The summed E-state index contributed by atoms with van der Waals surface area (Å²) in [6.07, 6.45) is 0.757. The number of nitrogen functional groups attached to an aromatic ring is 1. The molecule has 0 aliphatic heterocycles. The quantitative estimate of drug-likeness (QED) is 0.0383. The number of hydrogen-bond acceptors (Lipinski definition) is 26. The average Bonchev–Trinajstić information content (AvgIpc) is 3.57. The van der Waals surface area contributed by atoms with Crippen LogP contribution in [0.25, 0.3) is 32.3 Å². The van der Waals surface area contributed by atoms with E-state index in [-0.39, 0.29) is 111 Å². The number of benzene rings is 8. The molecule has 0 radical (unpaired) electrons. The molecule has 8 aromatic carbocycles. The van der Waals surface area contributed by atoms with E-state index in [2.05, 4.69) is 49.3 Å². The van der Waals surface area contributed by atoms with Gasteiger partial charge < -0.3 is 19.8 Å². The molecule has 8 rings (SSSR count). The molecule has 0 bridgehead atoms. The first-order chi connectivity index (χ1) is 38.3. The van der Waals surface area contributed by atoms with Gasteiger partial charge in [-0.1, -0.05) is 24.3 Å². The van der Waals surface area contributed by atoms with Gasteiger partial charge in [0.25, 0.3) is 40.5 Å². The Kier molecular flexibility index (Phi) is 17.0. The molecule has 8 aromatic rings. The summed E-state index contributed by atoms with van der Waals surface area (Å²) in [4.78, 5) is -0.957. The normalized spacial score (nSPS) is 13.0. The van der Waals surface area contributed by atoms with Gasteiger partial charge in [0.1, 0.15) is 11.4 Å². The van der Waals surface area contributed by atoms with E-state index < -0.39 is 67.8 Å². The fraction of sp³-hybridized carbons (Fsp3) is 0.160. The van der Waals surface area contributed by atoms with Gasteiger partial charge in [-0.2, -0.15) is 57.4 Å². The second kappa shape index (κ2) is 23.4. The van der Waals surface area contributed by atoms with Crippen molar-refractivity contribution in [3.8, 4) is 17.2 Å². The number of fused-ring (bicyclic) bond motifs is 3. The summed E-state index contributed by atoms with van der Waals surface area (Å²) < 4.78 is 157. The number of nitrogens with zero attached hydrogens (tertiary/aromatic N) is 8. The zero-order valence-electron chi connectivity index (χ0n) is 43.1. The third-order valence-electron chi connectivity index (χ3n) is 11.8. The van der Waals surface area contributed by atoms with Gasteiger partial charge in [-0.05, 0) is 103 Å². The summed E-state index contributed by atoms with van der Waals surface area (Å²) in [6.45, 7) is 1.40. The van der Waals surface area contributed by atoms with E-state index in [0.717, 1.165) is 34.7 Å². The zero-order chi connectivity index (χ0) is 58.7. The molecule has 0 heterocycles. The van der Waals surface area contributed by atoms with Crippen LogP contribution in [0, 0.1) is 0 Å². The highest BCUT2D eigenvalue weighted by atomic mass is 32.2. The lowest BCUT2D eigenvalue weighted by atomic mass is 10.0. The lowest BCUT2D eigenvalue weighted by molar-refractivity contribution is 0.342. The predicted molar refractivity (Wildman–Crippen MR) is 295 cm³/mol. The molecule has 0 unspecified atom stereocenters. The fourth-order valence-corrected chi connectivity index (χ4v) is 11.1. The Morgan fingerprint density at radius 1 is 0.457 bits per heavy atom. The van der Waals surface area contributed by atoms with E-state index in [4.69, 9.17) is 23.0 Å². The van der Waals surface area contributed by atoms with Crippen molar-refractivity contribution in [2.24, 2.45) is 40.9 Å². The van der Waals surface area contributed by atoms with Crippen LogP contribution in [-0.4, -0.2) is 88.5 Å². The first-order valence-corrected chi connectivity index (χ1v) is 30.6. The molecular weight excluding hydrogens is 1160 g/mol. The summed E-state index contributed by atoms with van der Waals surface area (Å²) in [5, 5.41) is 47.4. The molecule has 0 saturated carbocycles. The van der Waals surface area contributed by atoms with Crippen molar-refractivity contribution in [1.82, 2.24) is 0 Å². The molecule has 0 aliphatic carbocycles. The fourth-order valence-electron chi connectivity index (χ4n) is 7.87. The van der Waals surface area contributed by atoms with Crippen LogP contribution in [0.4, 0.5) is 45.5 Å². The topological polar surface area (TPSA) is 371 Å². The molecule has 0 aliphatic rings. The number of nitrogens with two attached hydrogens (primary N) is 1. The van der Waals surface area contributed by atoms with E-state index in [0.29, 0.717) is 5.39 Å². The maximum atomic E-state index is 13.2. The molecule has 81 heavy (non-hydrogen) atoms. The van der Waals surface area contributed by atoms with Gasteiger partial charge in [0.05, 0.1) is 95.9 Å². The van der Waals surface area contributed by atoms with E-state index in [1.54, 1.807) is 6.92 Å². The van der Waals surface area contributed by atoms with Crippen LogP contribution in [0.15, 0.2) is 182 Å². The van der Waals surface area contributed by atoms with E-state index in [1.807, 2.05) is 0 Å². The van der Waals surface area contributed by atoms with E-state index >= 15 is 0 Å². The summed E-state index contributed by atoms with van der Waals surface area (Å²) in [6, 6.07) is 27.1. The lowest BCUT2D eigenvalue weighted by Crippen LogP contribution is -2.06. The molecule has 31 heteroatoms. The largest absolute Gasteiger partial charge is 0.505 e. The second-order valence-electron chi connectivity index (χ2n) is 16.8. The number of aromatic hydroxyl groups is 1. The number of anilines is 1. The van der Waals surface area contributed by atoms with E-state index in [9.17, 15) is 47.2 Å². The Balaban J connectivity index is 1.26. The van der Waals surface area contributed by atoms with Gasteiger partial charge in [0, 0.05) is 44.2 Å². The van der Waals surface area contributed by atoms with Crippen LogP contribution in [0.2, 0.25) is 0 Å². The number of phenols is 1. The number of hydrogen-bond donors (Lipinski definition) is 2. The van der Waals surface area contributed by atoms with Gasteiger partial charge in [-0.15, -0.1) is 25.6 Å². The zero-order valence-corrected chi connectivity index (χ0v) is 47.2. The maximum absolute atomic E-state index is 13.2. The monoisotopic (exact) mass is 1200 g/mol. The van der Waals surface area contributed by atoms with Crippen molar-refractivity contribution >= 4 is 128 Å². The van der Waals surface area contributed by atoms with Crippen molar-refractivity contribution in [1.29, 1.82) is 0 Å².